The molecule has 2 aromatic rings. The summed E-state index contributed by atoms with van der Waals surface area (Å²) in [5.41, 5.74) is 0.998. The number of alkyl halides is 2. The van der Waals surface area contributed by atoms with Gasteiger partial charge in [-0.3, -0.25) is 0 Å². The van der Waals surface area contributed by atoms with E-state index in [1.54, 1.807) is 12.1 Å². The van der Waals surface area contributed by atoms with Crippen molar-refractivity contribution >= 4 is 26.0 Å². The van der Waals surface area contributed by atoms with Crippen molar-refractivity contribution in [3.05, 3.63) is 36.0 Å². The van der Waals surface area contributed by atoms with Crippen molar-refractivity contribution in [2.24, 2.45) is 0 Å². The molecule has 2 heterocycles. The number of carbonyl (C=O) groups is 2. The molecule has 1 unspecified atom stereocenters. The van der Waals surface area contributed by atoms with Crippen molar-refractivity contribution < 1.29 is 43.1 Å². The third kappa shape index (κ3) is 3.80. The van der Waals surface area contributed by atoms with Crippen LogP contribution < -0.4 is 8.59 Å². The van der Waals surface area contributed by atoms with E-state index < -0.39 is 43.3 Å². The number of nitriles is 1. The number of likely N-dealkylation sites (tertiary alicyclic amines) is 1. The number of halogens is 2. The maximum atomic E-state index is 13.4. The van der Waals surface area contributed by atoms with Crippen LogP contribution in [0.5, 0.6) is 0 Å². The van der Waals surface area contributed by atoms with Gasteiger partial charge in [-0.25, -0.2) is 0 Å². The fourth-order valence-corrected chi connectivity index (χ4v) is 3.53. The standard InChI is InChI=1S/C17H13AtF2N4O2/c18-10-1-2-14-13(5-10)12(3-4-22-14)16(26)23-8-15(25)24-9-17(19,20)6-11(24)7-21/h1-5,11H,6,8-9H2,(H,23,26). The van der Waals surface area contributed by atoms with Crippen molar-refractivity contribution in [1.82, 2.24) is 15.2 Å². The quantitative estimate of drug-likeness (QED) is 0.613. The first-order valence-corrected chi connectivity index (χ1v) is 9.17. The van der Waals surface area contributed by atoms with Crippen LogP contribution in [-0.4, -0.2) is 46.8 Å². The Hall–Kier alpha value is -2.20. The summed E-state index contributed by atoms with van der Waals surface area (Å²) in [5, 5.41) is 12.1. The molecule has 2 amide bonds. The van der Waals surface area contributed by atoms with Crippen molar-refractivity contribution in [2.75, 3.05) is 13.1 Å². The summed E-state index contributed by atoms with van der Waals surface area (Å²) in [6.45, 7) is -1.26. The molecule has 1 aromatic carbocycles. The van der Waals surface area contributed by atoms with Crippen LogP contribution in [0.2, 0.25) is 0 Å². The Bertz CT molecular complexity index is 929. The number of aromatic nitrogens is 1. The third-order valence-electron chi connectivity index (χ3n) is 4.09. The molecule has 134 valence electrons. The Morgan fingerprint density at radius 1 is 1.42 bits per heavy atom. The maximum absolute atomic E-state index is 13.4. The summed E-state index contributed by atoms with van der Waals surface area (Å²) in [4.78, 5) is 29.6. The van der Waals surface area contributed by atoms with Crippen LogP contribution in [0.1, 0.15) is 16.8 Å². The van der Waals surface area contributed by atoms with Gasteiger partial charge in [-0.05, 0) is 0 Å². The van der Waals surface area contributed by atoms with E-state index in [2.05, 4.69) is 10.3 Å². The molecule has 6 nitrogen and oxygen atoms in total. The summed E-state index contributed by atoms with van der Waals surface area (Å²) < 4.78 is 27.9. The molecule has 0 bridgehead atoms. The predicted octanol–water partition coefficient (Wildman–Crippen LogP) is 0.899. The van der Waals surface area contributed by atoms with Gasteiger partial charge < -0.3 is 0 Å². The fourth-order valence-electron chi connectivity index (χ4n) is 2.86. The van der Waals surface area contributed by atoms with Crippen LogP contribution in [0.25, 0.3) is 10.9 Å². The van der Waals surface area contributed by atoms with Crippen molar-refractivity contribution in [2.45, 2.75) is 18.4 Å². The fraction of sp³-hybridized carbons (Fsp3) is 0.294. The van der Waals surface area contributed by atoms with Crippen molar-refractivity contribution in [3.63, 3.8) is 0 Å². The van der Waals surface area contributed by atoms with Crippen LogP contribution in [0.3, 0.4) is 0 Å². The average Bonchev–Trinajstić information content (AvgIpc) is 2.93. The molecule has 0 radical (unpaired) electrons. The molecule has 0 aliphatic carbocycles. The van der Waals surface area contributed by atoms with Gasteiger partial charge in [0.05, 0.1) is 0 Å². The van der Waals surface area contributed by atoms with Gasteiger partial charge in [0.2, 0.25) is 0 Å². The van der Waals surface area contributed by atoms with Gasteiger partial charge in [-0.15, -0.1) is 0 Å². The average molecular weight is 553 g/mol. The molecule has 1 aliphatic heterocycles. The first-order valence-electron chi connectivity index (χ1n) is 7.70. The number of rotatable bonds is 3. The first kappa shape index (κ1) is 18.6. The number of fused-ring (bicyclic) bond motifs is 1. The number of hydrogen-bond donors (Lipinski definition) is 1. The molecule has 0 saturated carbocycles. The number of hydrogen-bond acceptors (Lipinski definition) is 4. The number of pyridine rings is 1. The van der Waals surface area contributed by atoms with E-state index in [-0.39, 0.29) is 0 Å². The van der Waals surface area contributed by atoms with E-state index in [0.29, 0.717) is 16.5 Å². The normalized spacial score (nSPS) is 18.5. The molecule has 1 saturated heterocycles. The number of benzene rings is 1. The summed E-state index contributed by atoms with van der Waals surface area (Å²) in [7, 11) is 0. The van der Waals surface area contributed by atoms with Crippen molar-refractivity contribution in [3.8, 4) is 6.07 Å². The number of nitrogens with zero attached hydrogens (tertiary/aromatic N) is 3. The Balaban J connectivity index is 1.73. The van der Waals surface area contributed by atoms with Gasteiger partial charge in [0.1, 0.15) is 0 Å². The number of nitrogens with one attached hydrogen (secondary N) is 1. The first-order chi connectivity index (χ1) is 12.3. The molecule has 1 atom stereocenters. The second-order valence-corrected chi connectivity index (χ2v) is 7.63. The van der Waals surface area contributed by atoms with Gasteiger partial charge in [0.15, 0.2) is 0 Å². The van der Waals surface area contributed by atoms with E-state index in [9.17, 15) is 18.4 Å². The van der Waals surface area contributed by atoms with E-state index in [0.717, 1.165) is 8.17 Å². The molecule has 1 N–H and O–H groups in total. The van der Waals surface area contributed by atoms with Gasteiger partial charge in [0, 0.05) is 0 Å². The van der Waals surface area contributed by atoms with E-state index in [4.69, 9.17) is 5.26 Å². The van der Waals surface area contributed by atoms with Crippen LogP contribution in [0.15, 0.2) is 30.5 Å². The monoisotopic (exact) mass is 553 g/mol. The zero-order valence-corrected chi connectivity index (χ0v) is 16.3. The minimum absolute atomic E-state index is 0.352. The summed E-state index contributed by atoms with van der Waals surface area (Å²) >= 11 is 1.45. The van der Waals surface area contributed by atoms with Crippen LogP contribution >= 0.6 is 0 Å². The molecule has 3 rings (SSSR count). The molecule has 1 fully saturated rings. The van der Waals surface area contributed by atoms with Crippen molar-refractivity contribution in [1.29, 1.82) is 5.26 Å². The zero-order valence-electron chi connectivity index (χ0n) is 13.4. The van der Waals surface area contributed by atoms with Crippen LogP contribution in [0.4, 0.5) is 8.78 Å². The third-order valence-corrected chi connectivity index (χ3v) is 5.00. The number of carbonyl (C=O) groups excluding carboxylic acids is 2. The Kier molecular flexibility index (Phi) is 5.15. The van der Waals surface area contributed by atoms with E-state index in [1.807, 2.05) is 12.1 Å². The molecule has 1 aromatic heterocycles. The van der Waals surface area contributed by atoms with E-state index >= 15 is 0 Å². The minimum atomic E-state index is -3.08. The molecular formula is C17H13AtF2N4O2. The molecular weight excluding hydrogens is 540 g/mol. The molecule has 9 heteroatoms. The Morgan fingerprint density at radius 3 is 2.92 bits per heavy atom. The topological polar surface area (TPSA) is 86.1 Å². The predicted molar refractivity (Wildman–Crippen MR) is 84.4 cm³/mol. The van der Waals surface area contributed by atoms with Gasteiger partial charge in [-0.1, -0.05) is 0 Å². The Morgan fingerprint density at radius 2 is 2.19 bits per heavy atom. The molecule has 26 heavy (non-hydrogen) atoms. The van der Waals surface area contributed by atoms with Crippen LogP contribution in [0, 0.1) is 36.1 Å². The SMILES string of the molecule is N#CC1CC(F)(F)CN1C(=O)CNC(=O)c1ccnc2ccc([At])cc12. The van der Waals surface area contributed by atoms with E-state index in [1.165, 1.54) is 37.0 Å². The Labute approximate surface area is 163 Å². The second-order valence-electron chi connectivity index (χ2n) is 5.93. The van der Waals surface area contributed by atoms with Crippen LogP contribution in [-0.2, 0) is 4.79 Å². The second kappa shape index (κ2) is 7.20. The van der Waals surface area contributed by atoms with Gasteiger partial charge in [0.25, 0.3) is 0 Å². The van der Waals surface area contributed by atoms with Gasteiger partial charge >= 0.3 is 163 Å². The van der Waals surface area contributed by atoms with Gasteiger partial charge in [-0.2, -0.15) is 0 Å². The molecule has 1 aliphatic rings. The zero-order chi connectivity index (χ0) is 18.9. The summed E-state index contributed by atoms with van der Waals surface area (Å²) in [6, 6.07) is 7.60. The summed E-state index contributed by atoms with van der Waals surface area (Å²) in [5.74, 6) is -4.29. The summed E-state index contributed by atoms with van der Waals surface area (Å²) in [6.07, 6.45) is 0.810. The molecule has 0 spiro atoms. The number of amides is 2.